The highest BCUT2D eigenvalue weighted by molar-refractivity contribution is 7.91. The average molecular weight is 607 g/mol. The number of aromatic nitrogens is 4. The van der Waals surface area contributed by atoms with Crippen LogP contribution < -0.4 is 10.9 Å². The molecule has 1 fully saturated rings. The molecule has 0 spiro atoms. The van der Waals surface area contributed by atoms with Crippen LogP contribution in [0.25, 0.3) is 16.5 Å². The van der Waals surface area contributed by atoms with Gasteiger partial charge in [-0.1, -0.05) is 18.2 Å². The quantitative estimate of drug-likeness (QED) is 0.321. The molecule has 42 heavy (non-hydrogen) atoms. The van der Waals surface area contributed by atoms with Crippen molar-refractivity contribution < 1.29 is 16.8 Å². The summed E-state index contributed by atoms with van der Waals surface area (Å²) in [5.74, 6) is 0.911. The lowest BCUT2D eigenvalue weighted by molar-refractivity contribution is 0.477. The summed E-state index contributed by atoms with van der Waals surface area (Å²) in [7, 11) is -7.84. The third-order valence-corrected chi connectivity index (χ3v) is 12.4. The SMILES string of the molecule is CC1=CC(c2cc(S(=O)(=O)N3CCCC3)cnc2Nc2ccccn2)=CCC1(C)S(=O)(=O)n1ccc2cc[nH]c(=O)c21. The van der Waals surface area contributed by atoms with Crippen molar-refractivity contribution in [3.8, 4) is 0 Å². The molecule has 0 radical (unpaired) electrons. The van der Waals surface area contributed by atoms with Crippen LogP contribution in [-0.4, -0.2) is 57.9 Å². The number of nitrogens with zero attached hydrogens (tertiary/aromatic N) is 4. The molecule has 0 saturated carbocycles. The van der Waals surface area contributed by atoms with Crippen LogP contribution in [0.2, 0.25) is 0 Å². The number of pyridine rings is 3. The van der Waals surface area contributed by atoms with Crippen LogP contribution in [0, 0.1) is 0 Å². The van der Waals surface area contributed by atoms with Gasteiger partial charge in [0.1, 0.15) is 26.8 Å². The Morgan fingerprint density at radius 1 is 1.05 bits per heavy atom. The number of rotatable bonds is 7. The lowest BCUT2D eigenvalue weighted by atomic mass is 9.87. The van der Waals surface area contributed by atoms with Crippen LogP contribution in [0.4, 0.5) is 11.6 Å². The smallest absolute Gasteiger partial charge is 0.273 e. The second-order valence-electron chi connectivity index (χ2n) is 10.7. The third-order valence-electron chi connectivity index (χ3n) is 8.11. The Morgan fingerprint density at radius 3 is 2.55 bits per heavy atom. The normalized spacial score (nSPS) is 20.0. The van der Waals surface area contributed by atoms with E-state index in [2.05, 4.69) is 20.3 Å². The average Bonchev–Trinajstić information content (AvgIpc) is 3.67. The van der Waals surface area contributed by atoms with Gasteiger partial charge in [0.2, 0.25) is 20.0 Å². The monoisotopic (exact) mass is 606 g/mol. The summed E-state index contributed by atoms with van der Waals surface area (Å²) in [6, 6.07) is 10.2. The minimum Gasteiger partial charge on any atom is -0.327 e. The van der Waals surface area contributed by atoms with Gasteiger partial charge in [-0.2, -0.15) is 4.31 Å². The third kappa shape index (κ3) is 4.57. The van der Waals surface area contributed by atoms with Gasteiger partial charge in [-0.3, -0.25) is 4.79 Å². The summed E-state index contributed by atoms with van der Waals surface area (Å²) in [5.41, 5.74) is 1.23. The van der Waals surface area contributed by atoms with Gasteiger partial charge in [-0.25, -0.2) is 30.8 Å². The van der Waals surface area contributed by atoms with E-state index in [1.807, 2.05) is 6.07 Å². The molecule has 13 heteroatoms. The van der Waals surface area contributed by atoms with Gasteiger partial charge in [-0.15, -0.1) is 0 Å². The molecule has 4 aromatic rings. The predicted molar refractivity (Wildman–Crippen MR) is 161 cm³/mol. The zero-order valence-electron chi connectivity index (χ0n) is 23.1. The fourth-order valence-electron chi connectivity index (χ4n) is 5.44. The van der Waals surface area contributed by atoms with Gasteiger partial charge in [0.15, 0.2) is 0 Å². The van der Waals surface area contributed by atoms with Crippen LogP contribution in [-0.2, 0) is 20.0 Å². The molecule has 2 aliphatic rings. The number of sulfonamides is 1. The van der Waals surface area contributed by atoms with Gasteiger partial charge in [0.25, 0.3) is 5.56 Å². The van der Waals surface area contributed by atoms with Crippen molar-refractivity contribution >= 4 is 48.2 Å². The number of fused-ring (bicyclic) bond motifs is 1. The number of nitrogens with one attached hydrogen (secondary N) is 2. The first-order valence-electron chi connectivity index (χ1n) is 13.5. The molecule has 5 heterocycles. The lowest BCUT2D eigenvalue weighted by Gasteiger charge is -2.33. The molecule has 6 rings (SSSR count). The zero-order valence-corrected chi connectivity index (χ0v) is 24.7. The predicted octanol–water partition coefficient (Wildman–Crippen LogP) is 4.02. The Morgan fingerprint density at radius 2 is 1.83 bits per heavy atom. The Hall–Kier alpha value is -4.07. The van der Waals surface area contributed by atoms with E-state index < -0.39 is 30.4 Å². The van der Waals surface area contributed by atoms with E-state index in [9.17, 15) is 21.6 Å². The van der Waals surface area contributed by atoms with Crippen molar-refractivity contribution in [1.29, 1.82) is 0 Å². The van der Waals surface area contributed by atoms with E-state index >= 15 is 0 Å². The van der Waals surface area contributed by atoms with Gasteiger partial charge >= 0.3 is 0 Å². The summed E-state index contributed by atoms with van der Waals surface area (Å²) in [4.78, 5) is 24.0. The van der Waals surface area contributed by atoms with Crippen LogP contribution >= 0.6 is 0 Å². The molecular formula is C29H30N6O5S2. The van der Waals surface area contributed by atoms with Crippen molar-refractivity contribution in [3.05, 3.63) is 94.8 Å². The second-order valence-corrected chi connectivity index (χ2v) is 14.9. The Labute approximate surface area is 243 Å². The van der Waals surface area contributed by atoms with Crippen molar-refractivity contribution in [3.63, 3.8) is 0 Å². The molecule has 2 N–H and O–H groups in total. The van der Waals surface area contributed by atoms with Crippen LogP contribution in [0.5, 0.6) is 0 Å². The number of H-pyrrole nitrogens is 1. The van der Waals surface area contributed by atoms with Crippen LogP contribution in [0.15, 0.2) is 88.6 Å². The largest absolute Gasteiger partial charge is 0.327 e. The van der Waals surface area contributed by atoms with Gasteiger partial charge in [0, 0.05) is 48.8 Å². The summed E-state index contributed by atoms with van der Waals surface area (Å²) in [5, 5.41) is 3.69. The Kier molecular flexibility index (Phi) is 6.90. The van der Waals surface area contributed by atoms with Gasteiger partial charge in [0.05, 0.1) is 0 Å². The summed E-state index contributed by atoms with van der Waals surface area (Å²) >= 11 is 0. The zero-order chi connectivity index (χ0) is 29.7. The van der Waals surface area contributed by atoms with E-state index in [0.29, 0.717) is 46.8 Å². The number of hydrogen-bond acceptors (Lipinski definition) is 8. The molecule has 218 valence electrons. The molecule has 0 amide bonds. The first-order valence-corrected chi connectivity index (χ1v) is 16.4. The van der Waals surface area contributed by atoms with E-state index in [4.69, 9.17) is 0 Å². The molecule has 1 atom stereocenters. The summed E-state index contributed by atoms with van der Waals surface area (Å²) in [6.07, 6.45) is 11.1. The second kappa shape index (κ2) is 10.3. The fraction of sp³-hybridized carbons (Fsp3) is 0.276. The highest BCUT2D eigenvalue weighted by atomic mass is 32.2. The number of hydrogen-bond donors (Lipinski definition) is 2. The first kappa shape index (κ1) is 28.1. The lowest BCUT2D eigenvalue weighted by Crippen LogP contribution is -2.41. The van der Waals surface area contributed by atoms with Crippen molar-refractivity contribution in [2.75, 3.05) is 18.4 Å². The van der Waals surface area contributed by atoms with E-state index in [1.54, 1.807) is 62.5 Å². The van der Waals surface area contributed by atoms with Crippen molar-refractivity contribution in [2.24, 2.45) is 0 Å². The van der Waals surface area contributed by atoms with Gasteiger partial charge < -0.3 is 10.3 Å². The molecule has 1 aliphatic carbocycles. The highest BCUT2D eigenvalue weighted by Crippen LogP contribution is 2.41. The Balaban J connectivity index is 1.43. The molecule has 0 aromatic carbocycles. The number of anilines is 2. The molecule has 4 aromatic heterocycles. The maximum atomic E-state index is 14.1. The molecule has 11 nitrogen and oxygen atoms in total. The highest BCUT2D eigenvalue weighted by Gasteiger charge is 2.44. The number of allylic oxidation sites excluding steroid dienone is 3. The van der Waals surface area contributed by atoms with Crippen molar-refractivity contribution in [1.82, 2.24) is 23.2 Å². The summed E-state index contributed by atoms with van der Waals surface area (Å²) in [6.45, 7) is 4.27. The standard InChI is InChI=1S/C29H30N6O5S2/c1-20-17-22(8-11-29(20,2)42(39,40)35-16-10-21-9-13-31-28(36)26(21)35)24-18-23(41(37,38)34-14-5-6-15-34)19-32-27(24)33-25-7-3-4-12-30-25/h3-4,7-10,12-13,16-19H,5-6,11,14-15H2,1-2H3,(H,31,36)(H,30,32,33). The van der Waals surface area contributed by atoms with Crippen LogP contribution in [0.1, 0.15) is 38.7 Å². The van der Waals surface area contributed by atoms with E-state index in [-0.39, 0.29) is 16.8 Å². The minimum atomic E-state index is -4.08. The molecule has 1 saturated heterocycles. The van der Waals surface area contributed by atoms with E-state index in [0.717, 1.165) is 16.8 Å². The first-order chi connectivity index (χ1) is 20.0. The van der Waals surface area contributed by atoms with E-state index in [1.165, 1.54) is 22.9 Å². The molecule has 0 bridgehead atoms. The Bertz CT molecular complexity index is 2030. The van der Waals surface area contributed by atoms with Gasteiger partial charge in [-0.05, 0) is 74.6 Å². The maximum absolute atomic E-state index is 14.1. The topological polar surface area (TPSA) is 147 Å². The fourth-order valence-corrected chi connectivity index (χ4v) is 8.77. The molecular weight excluding hydrogens is 576 g/mol. The molecule has 1 aliphatic heterocycles. The number of aromatic amines is 1. The summed E-state index contributed by atoms with van der Waals surface area (Å²) < 4.78 is 56.1. The minimum absolute atomic E-state index is 0.0622. The maximum Gasteiger partial charge on any atom is 0.273 e. The molecule has 1 unspecified atom stereocenters. The van der Waals surface area contributed by atoms with Crippen molar-refractivity contribution in [2.45, 2.75) is 42.8 Å². The van der Waals surface area contributed by atoms with Crippen LogP contribution in [0.3, 0.4) is 0 Å².